The third-order valence-electron chi connectivity index (χ3n) is 4.80. The SMILES string of the molecule is CN1CC[C@@](O)(c2cccc(-n3nc(C(N)=O)c4cc(F)cnc43)c2)C1=O. The van der Waals surface area contributed by atoms with Crippen LogP contribution in [0, 0.1) is 5.82 Å². The average Bonchev–Trinajstić information content (AvgIpc) is 3.15. The van der Waals surface area contributed by atoms with Crippen molar-refractivity contribution in [2.24, 2.45) is 5.73 Å². The van der Waals surface area contributed by atoms with Gasteiger partial charge < -0.3 is 15.7 Å². The lowest BCUT2D eigenvalue weighted by atomic mass is 9.92. The van der Waals surface area contributed by atoms with Crippen molar-refractivity contribution >= 4 is 22.8 Å². The molecule has 3 aromatic rings. The summed E-state index contributed by atoms with van der Waals surface area (Å²) in [5.41, 5.74) is 4.71. The van der Waals surface area contributed by atoms with E-state index in [1.807, 2.05) is 0 Å². The van der Waals surface area contributed by atoms with Gasteiger partial charge in [0.15, 0.2) is 16.9 Å². The van der Waals surface area contributed by atoms with Crippen LogP contribution in [0.2, 0.25) is 0 Å². The molecule has 1 atom stereocenters. The summed E-state index contributed by atoms with van der Waals surface area (Å²) >= 11 is 0. The zero-order chi connectivity index (χ0) is 19.3. The van der Waals surface area contributed by atoms with Crippen LogP contribution in [0.25, 0.3) is 16.7 Å². The molecule has 0 unspecified atom stereocenters. The Morgan fingerprint density at radius 1 is 1.37 bits per heavy atom. The molecular weight excluding hydrogens is 353 g/mol. The number of pyridine rings is 1. The van der Waals surface area contributed by atoms with E-state index in [1.165, 1.54) is 9.58 Å². The van der Waals surface area contributed by atoms with E-state index in [0.717, 1.165) is 12.3 Å². The van der Waals surface area contributed by atoms with Crippen molar-refractivity contribution in [1.29, 1.82) is 0 Å². The number of likely N-dealkylation sites (N-methyl/N-ethyl adjacent to an activating group) is 1. The van der Waals surface area contributed by atoms with Crippen LogP contribution in [-0.4, -0.2) is 50.2 Å². The van der Waals surface area contributed by atoms with E-state index >= 15 is 0 Å². The van der Waals surface area contributed by atoms with E-state index < -0.39 is 17.3 Å². The molecule has 0 radical (unpaired) electrons. The second kappa shape index (κ2) is 5.85. The molecule has 9 heteroatoms. The molecule has 0 spiro atoms. The zero-order valence-corrected chi connectivity index (χ0v) is 14.4. The van der Waals surface area contributed by atoms with Crippen molar-refractivity contribution in [3.63, 3.8) is 0 Å². The van der Waals surface area contributed by atoms with Crippen LogP contribution in [0.1, 0.15) is 22.5 Å². The summed E-state index contributed by atoms with van der Waals surface area (Å²) < 4.78 is 14.9. The van der Waals surface area contributed by atoms with Crippen molar-refractivity contribution < 1.29 is 19.1 Å². The molecule has 1 aliphatic heterocycles. The fourth-order valence-electron chi connectivity index (χ4n) is 3.35. The number of benzene rings is 1. The number of aliphatic hydroxyl groups is 1. The van der Waals surface area contributed by atoms with E-state index in [1.54, 1.807) is 31.3 Å². The lowest BCUT2D eigenvalue weighted by molar-refractivity contribution is -0.143. The Balaban J connectivity index is 1.89. The number of hydrogen-bond donors (Lipinski definition) is 2. The quantitative estimate of drug-likeness (QED) is 0.706. The standard InChI is InChI=1S/C18H16FN5O3/c1-23-6-5-18(27,17(23)26)10-3-2-4-12(7-10)24-16-13(8-11(19)9-21-16)14(22-24)15(20)25/h2-4,7-9,27H,5-6H2,1H3,(H2,20,25)/t18-/m1/s1. The summed E-state index contributed by atoms with van der Waals surface area (Å²) in [5, 5.41) is 15.2. The third kappa shape index (κ3) is 2.55. The summed E-state index contributed by atoms with van der Waals surface area (Å²) in [6.45, 7) is 0.441. The summed E-state index contributed by atoms with van der Waals surface area (Å²) in [5.74, 6) is -1.82. The number of rotatable bonds is 3. The highest BCUT2D eigenvalue weighted by atomic mass is 19.1. The van der Waals surface area contributed by atoms with Gasteiger partial charge in [0.25, 0.3) is 11.8 Å². The Morgan fingerprint density at radius 3 is 2.81 bits per heavy atom. The molecule has 1 aromatic carbocycles. The van der Waals surface area contributed by atoms with Gasteiger partial charge in [0.05, 0.1) is 17.3 Å². The molecule has 4 rings (SSSR count). The second-order valence-electron chi connectivity index (χ2n) is 6.54. The van der Waals surface area contributed by atoms with Crippen LogP contribution in [-0.2, 0) is 10.4 Å². The van der Waals surface area contributed by atoms with Crippen molar-refractivity contribution in [1.82, 2.24) is 19.7 Å². The maximum Gasteiger partial charge on any atom is 0.269 e. The molecule has 0 saturated carbocycles. The number of amides is 2. The van der Waals surface area contributed by atoms with Crippen molar-refractivity contribution in [2.45, 2.75) is 12.0 Å². The number of aromatic nitrogens is 3. The first-order chi connectivity index (χ1) is 12.8. The molecule has 0 aliphatic carbocycles. The minimum absolute atomic E-state index is 0.113. The smallest absolute Gasteiger partial charge is 0.269 e. The Morgan fingerprint density at radius 2 is 2.15 bits per heavy atom. The predicted octanol–water partition coefficient (Wildman–Crippen LogP) is 0.708. The topological polar surface area (TPSA) is 114 Å². The van der Waals surface area contributed by atoms with Gasteiger partial charge in [0.2, 0.25) is 0 Å². The van der Waals surface area contributed by atoms with Gasteiger partial charge in [-0.15, -0.1) is 0 Å². The summed E-state index contributed by atoms with van der Waals surface area (Å²) in [4.78, 5) is 29.5. The molecule has 138 valence electrons. The fraction of sp³-hybridized carbons (Fsp3) is 0.222. The summed E-state index contributed by atoms with van der Waals surface area (Å²) in [6, 6.07) is 7.72. The molecule has 1 saturated heterocycles. The van der Waals surface area contributed by atoms with Crippen molar-refractivity contribution in [3.8, 4) is 5.69 Å². The number of likely N-dealkylation sites (tertiary alicyclic amines) is 1. The Hall–Kier alpha value is -3.33. The van der Waals surface area contributed by atoms with Gasteiger partial charge in [-0.3, -0.25) is 9.59 Å². The lowest BCUT2D eigenvalue weighted by Crippen LogP contribution is -2.36. The number of nitrogens with two attached hydrogens (primary N) is 1. The average molecular weight is 369 g/mol. The largest absolute Gasteiger partial charge is 0.375 e. The van der Waals surface area contributed by atoms with E-state index in [2.05, 4.69) is 10.1 Å². The first-order valence-electron chi connectivity index (χ1n) is 8.24. The Bertz CT molecular complexity index is 1100. The van der Waals surface area contributed by atoms with Gasteiger partial charge in [-0.1, -0.05) is 12.1 Å². The van der Waals surface area contributed by atoms with Gasteiger partial charge in [-0.2, -0.15) is 5.10 Å². The third-order valence-corrected chi connectivity index (χ3v) is 4.80. The zero-order valence-electron chi connectivity index (χ0n) is 14.4. The van der Waals surface area contributed by atoms with Crippen LogP contribution in [0.5, 0.6) is 0 Å². The van der Waals surface area contributed by atoms with Gasteiger partial charge in [0, 0.05) is 20.0 Å². The van der Waals surface area contributed by atoms with Crippen LogP contribution >= 0.6 is 0 Å². The number of primary amides is 1. The number of carbonyl (C=O) groups is 2. The highest BCUT2D eigenvalue weighted by Gasteiger charge is 2.45. The summed E-state index contributed by atoms with van der Waals surface area (Å²) in [7, 11) is 1.63. The molecule has 1 aliphatic rings. The van der Waals surface area contributed by atoms with E-state index in [0.29, 0.717) is 17.8 Å². The number of halogens is 1. The number of hydrogen-bond acceptors (Lipinski definition) is 5. The number of nitrogens with zero attached hydrogens (tertiary/aromatic N) is 4. The van der Waals surface area contributed by atoms with Crippen LogP contribution in [0.4, 0.5) is 4.39 Å². The highest BCUT2D eigenvalue weighted by molar-refractivity contribution is 6.03. The maximum atomic E-state index is 13.6. The minimum atomic E-state index is -1.63. The van der Waals surface area contributed by atoms with E-state index in [4.69, 9.17) is 5.73 Å². The fourth-order valence-corrected chi connectivity index (χ4v) is 3.35. The molecule has 0 bridgehead atoms. The first-order valence-corrected chi connectivity index (χ1v) is 8.24. The van der Waals surface area contributed by atoms with Crippen molar-refractivity contribution in [3.05, 3.63) is 53.6 Å². The van der Waals surface area contributed by atoms with Gasteiger partial charge >= 0.3 is 0 Å². The summed E-state index contributed by atoms with van der Waals surface area (Å²) in [6.07, 6.45) is 1.28. The lowest BCUT2D eigenvalue weighted by Gasteiger charge is -2.21. The van der Waals surface area contributed by atoms with E-state index in [9.17, 15) is 19.1 Å². The molecule has 2 amide bonds. The highest BCUT2D eigenvalue weighted by Crippen LogP contribution is 2.33. The van der Waals surface area contributed by atoms with Gasteiger partial charge in [-0.05, 0) is 23.8 Å². The molecule has 8 nitrogen and oxygen atoms in total. The molecule has 1 fully saturated rings. The number of carbonyl (C=O) groups excluding carboxylic acids is 2. The normalized spacial score (nSPS) is 19.8. The predicted molar refractivity (Wildman–Crippen MR) is 93.5 cm³/mol. The first kappa shape index (κ1) is 17.1. The molecule has 2 aromatic heterocycles. The Labute approximate surface area is 153 Å². The molecule has 27 heavy (non-hydrogen) atoms. The molecular formula is C18H16FN5O3. The van der Waals surface area contributed by atoms with Crippen LogP contribution in [0.15, 0.2) is 36.5 Å². The van der Waals surface area contributed by atoms with Gasteiger partial charge in [0.1, 0.15) is 5.82 Å². The molecule has 3 heterocycles. The minimum Gasteiger partial charge on any atom is -0.375 e. The Kier molecular flexibility index (Phi) is 3.70. The van der Waals surface area contributed by atoms with Gasteiger partial charge in [-0.25, -0.2) is 14.1 Å². The molecule has 3 N–H and O–H groups in total. The van der Waals surface area contributed by atoms with Crippen molar-refractivity contribution in [2.75, 3.05) is 13.6 Å². The maximum absolute atomic E-state index is 13.6. The van der Waals surface area contributed by atoms with Crippen LogP contribution in [0.3, 0.4) is 0 Å². The number of fused-ring (bicyclic) bond motifs is 1. The second-order valence-corrected chi connectivity index (χ2v) is 6.54. The van der Waals surface area contributed by atoms with E-state index in [-0.39, 0.29) is 29.1 Å². The monoisotopic (exact) mass is 369 g/mol. The van der Waals surface area contributed by atoms with Crippen LogP contribution < -0.4 is 5.73 Å².